The van der Waals surface area contributed by atoms with Gasteiger partial charge < -0.3 is 10.0 Å². The van der Waals surface area contributed by atoms with Crippen LogP contribution in [0.4, 0.5) is 0 Å². The summed E-state index contributed by atoms with van der Waals surface area (Å²) in [4.78, 5) is 30.2. The highest BCUT2D eigenvalue weighted by molar-refractivity contribution is 5.95. The Bertz CT molecular complexity index is 814. The fourth-order valence-electron chi connectivity index (χ4n) is 3.54. The first-order valence-corrected chi connectivity index (χ1v) is 8.26. The zero-order valence-corrected chi connectivity index (χ0v) is 13.2. The molecule has 1 heterocycles. The van der Waals surface area contributed by atoms with Gasteiger partial charge in [-0.2, -0.15) is 0 Å². The number of hydrogen-bond donors (Lipinski definition) is 1. The van der Waals surface area contributed by atoms with Crippen LogP contribution in [-0.4, -0.2) is 32.9 Å². The van der Waals surface area contributed by atoms with Gasteiger partial charge in [-0.1, -0.05) is 30.3 Å². The Hall–Kier alpha value is -2.69. The molecule has 1 atom stereocenters. The summed E-state index contributed by atoms with van der Waals surface area (Å²) >= 11 is 0. The van der Waals surface area contributed by atoms with Gasteiger partial charge in [0.1, 0.15) is 11.4 Å². The second-order valence-electron chi connectivity index (χ2n) is 6.41. The summed E-state index contributed by atoms with van der Waals surface area (Å²) < 4.78 is 0. The van der Waals surface area contributed by atoms with Gasteiger partial charge in [-0.3, -0.25) is 4.79 Å². The molecule has 1 aromatic carbocycles. The molecule has 24 heavy (non-hydrogen) atoms. The smallest absolute Gasteiger partial charge is 0.354 e. The lowest BCUT2D eigenvalue weighted by atomic mass is 10.1. The predicted octanol–water partition coefficient (Wildman–Crippen LogP) is 3.07. The Morgan fingerprint density at radius 3 is 2.50 bits per heavy atom. The van der Waals surface area contributed by atoms with E-state index in [1.807, 2.05) is 17.0 Å². The van der Waals surface area contributed by atoms with Crippen LogP contribution in [-0.2, 0) is 6.42 Å². The van der Waals surface area contributed by atoms with E-state index in [2.05, 4.69) is 17.1 Å². The topological polar surface area (TPSA) is 70.5 Å². The number of fused-ring (bicyclic) bond motifs is 1. The monoisotopic (exact) mass is 322 g/mol. The number of pyridine rings is 1. The summed E-state index contributed by atoms with van der Waals surface area (Å²) in [5.74, 6) is -1.28. The molecule has 0 saturated heterocycles. The molecule has 1 saturated carbocycles. The van der Waals surface area contributed by atoms with Gasteiger partial charge in [-0.15, -0.1) is 0 Å². The lowest BCUT2D eigenvalue weighted by Crippen LogP contribution is -2.36. The van der Waals surface area contributed by atoms with E-state index in [0.717, 1.165) is 25.7 Å². The van der Waals surface area contributed by atoms with Crippen molar-refractivity contribution in [1.82, 2.24) is 9.88 Å². The first-order valence-electron chi connectivity index (χ1n) is 8.26. The van der Waals surface area contributed by atoms with Crippen molar-refractivity contribution in [3.05, 3.63) is 65.0 Å². The van der Waals surface area contributed by atoms with Gasteiger partial charge in [0, 0.05) is 6.04 Å². The number of aryl methyl sites for hydroxylation is 1. The number of benzene rings is 1. The average Bonchev–Trinajstić information content (AvgIpc) is 3.35. The lowest BCUT2D eigenvalue weighted by Gasteiger charge is -2.29. The van der Waals surface area contributed by atoms with Gasteiger partial charge >= 0.3 is 5.97 Å². The van der Waals surface area contributed by atoms with Crippen LogP contribution in [0.2, 0.25) is 0 Å². The van der Waals surface area contributed by atoms with Gasteiger partial charge in [-0.25, -0.2) is 9.78 Å². The molecule has 1 N–H and O–H groups in total. The second kappa shape index (κ2) is 5.74. The Morgan fingerprint density at radius 2 is 1.75 bits per heavy atom. The van der Waals surface area contributed by atoms with Gasteiger partial charge in [0.15, 0.2) is 0 Å². The van der Waals surface area contributed by atoms with Crippen molar-refractivity contribution in [3.63, 3.8) is 0 Å². The Labute approximate surface area is 139 Å². The molecule has 5 heteroatoms. The zero-order valence-electron chi connectivity index (χ0n) is 13.2. The number of carbonyl (C=O) groups excluding carboxylic acids is 1. The third kappa shape index (κ3) is 2.56. The van der Waals surface area contributed by atoms with Crippen molar-refractivity contribution in [2.45, 2.75) is 37.8 Å². The number of hydrogen-bond acceptors (Lipinski definition) is 3. The van der Waals surface area contributed by atoms with Crippen molar-refractivity contribution in [2.24, 2.45) is 0 Å². The largest absolute Gasteiger partial charge is 0.477 e. The van der Waals surface area contributed by atoms with Crippen molar-refractivity contribution in [2.75, 3.05) is 0 Å². The summed E-state index contributed by atoms with van der Waals surface area (Å²) in [6.45, 7) is 0. The van der Waals surface area contributed by atoms with Gasteiger partial charge in [0.25, 0.3) is 5.91 Å². The fraction of sp³-hybridized carbons (Fsp3) is 0.316. The van der Waals surface area contributed by atoms with E-state index < -0.39 is 5.97 Å². The average molecular weight is 322 g/mol. The van der Waals surface area contributed by atoms with Gasteiger partial charge in [-0.05, 0) is 48.9 Å². The minimum absolute atomic E-state index is 0.0662. The number of aromatic nitrogens is 1. The lowest BCUT2D eigenvalue weighted by molar-refractivity contribution is 0.0651. The Balaban J connectivity index is 1.68. The third-order valence-corrected chi connectivity index (χ3v) is 4.80. The summed E-state index contributed by atoms with van der Waals surface area (Å²) in [5.41, 5.74) is 2.63. The fourth-order valence-corrected chi connectivity index (χ4v) is 3.54. The minimum Gasteiger partial charge on any atom is -0.477 e. The molecule has 0 bridgehead atoms. The Kier molecular flexibility index (Phi) is 3.56. The van der Waals surface area contributed by atoms with Crippen LogP contribution in [0.15, 0.2) is 42.5 Å². The summed E-state index contributed by atoms with van der Waals surface area (Å²) in [6.07, 6.45) is 3.90. The maximum Gasteiger partial charge on any atom is 0.354 e. The molecule has 2 aromatic rings. The van der Waals surface area contributed by atoms with E-state index in [1.54, 1.807) is 12.1 Å². The molecule has 4 rings (SSSR count). The first kappa shape index (κ1) is 14.9. The van der Waals surface area contributed by atoms with Crippen LogP contribution in [0.25, 0.3) is 0 Å². The molecular formula is C19H18N2O3. The second-order valence-corrected chi connectivity index (χ2v) is 6.41. The maximum atomic E-state index is 13.1. The Morgan fingerprint density at radius 1 is 1.00 bits per heavy atom. The van der Waals surface area contributed by atoms with Crippen molar-refractivity contribution >= 4 is 11.9 Å². The van der Waals surface area contributed by atoms with E-state index >= 15 is 0 Å². The number of rotatable bonds is 4. The maximum absolute atomic E-state index is 13.1. The zero-order chi connectivity index (χ0) is 16.7. The summed E-state index contributed by atoms with van der Waals surface area (Å²) in [7, 11) is 0. The number of carboxylic acid groups (broad SMARTS) is 1. The summed E-state index contributed by atoms with van der Waals surface area (Å²) in [6, 6.07) is 13.2. The van der Waals surface area contributed by atoms with E-state index in [1.165, 1.54) is 17.2 Å². The standard InChI is InChI=1S/C19H18N2O3/c22-18(15-6-3-7-16(20-15)19(23)24)21(13-9-10-13)17-11-8-12-4-1-2-5-14(12)17/h1-7,13,17H,8-11H2,(H,23,24). The molecule has 1 aromatic heterocycles. The van der Waals surface area contributed by atoms with Crippen molar-refractivity contribution < 1.29 is 14.7 Å². The number of amides is 1. The molecule has 2 aliphatic rings. The highest BCUT2D eigenvalue weighted by Gasteiger charge is 2.41. The van der Waals surface area contributed by atoms with Gasteiger partial charge in [0.05, 0.1) is 6.04 Å². The first-order chi connectivity index (χ1) is 11.6. The SMILES string of the molecule is O=C(O)c1cccc(C(=O)N(C2CC2)C2CCc3ccccc32)n1. The van der Waals surface area contributed by atoms with Crippen molar-refractivity contribution in [3.8, 4) is 0 Å². The molecule has 0 spiro atoms. The van der Waals surface area contributed by atoms with Crippen LogP contribution in [0.3, 0.4) is 0 Å². The predicted molar refractivity (Wildman–Crippen MR) is 87.9 cm³/mol. The number of nitrogens with zero attached hydrogens (tertiary/aromatic N) is 2. The van der Waals surface area contributed by atoms with E-state index in [9.17, 15) is 9.59 Å². The normalized spacial score (nSPS) is 18.9. The van der Waals surface area contributed by atoms with Gasteiger partial charge in [0.2, 0.25) is 0 Å². The number of aromatic carboxylic acids is 1. The molecule has 122 valence electrons. The highest BCUT2D eigenvalue weighted by atomic mass is 16.4. The highest BCUT2D eigenvalue weighted by Crippen LogP contribution is 2.42. The quantitative estimate of drug-likeness (QED) is 0.939. The van der Waals surface area contributed by atoms with Crippen LogP contribution >= 0.6 is 0 Å². The van der Waals surface area contributed by atoms with Crippen LogP contribution in [0, 0.1) is 0 Å². The molecule has 1 amide bonds. The molecule has 5 nitrogen and oxygen atoms in total. The van der Waals surface area contributed by atoms with Crippen LogP contribution in [0.5, 0.6) is 0 Å². The minimum atomic E-state index is -1.12. The molecule has 2 aliphatic carbocycles. The molecule has 0 aliphatic heterocycles. The molecular weight excluding hydrogens is 304 g/mol. The number of carbonyl (C=O) groups is 2. The van der Waals surface area contributed by atoms with E-state index in [-0.39, 0.29) is 29.4 Å². The third-order valence-electron chi connectivity index (χ3n) is 4.80. The molecule has 1 unspecified atom stereocenters. The van der Waals surface area contributed by atoms with Crippen molar-refractivity contribution in [1.29, 1.82) is 0 Å². The molecule has 0 radical (unpaired) electrons. The molecule has 1 fully saturated rings. The van der Waals surface area contributed by atoms with Crippen LogP contribution < -0.4 is 0 Å². The number of carboxylic acids is 1. The van der Waals surface area contributed by atoms with E-state index in [4.69, 9.17) is 5.11 Å². The van der Waals surface area contributed by atoms with Crippen LogP contribution in [0.1, 0.15) is 57.4 Å². The van der Waals surface area contributed by atoms with E-state index in [0.29, 0.717) is 0 Å². The summed E-state index contributed by atoms with van der Waals surface area (Å²) in [5, 5.41) is 9.11.